The first-order chi connectivity index (χ1) is 15.6. The molecule has 0 amide bonds. The van der Waals surface area contributed by atoms with Crippen molar-refractivity contribution >= 4 is 37.4 Å². The number of fused-ring (bicyclic) bond motifs is 1. The zero-order valence-electron chi connectivity index (χ0n) is 20.1. The monoisotopic (exact) mass is 484 g/mol. The summed E-state index contributed by atoms with van der Waals surface area (Å²) in [6.45, 7) is 12.8. The summed E-state index contributed by atoms with van der Waals surface area (Å²) in [5.74, 6) is 2.41. The highest BCUT2D eigenvalue weighted by atomic mass is 32.2. The molecule has 1 saturated carbocycles. The third-order valence-electron chi connectivity index (χ3n) is 6.87. The molecule has 0 bridgehead atoms. The van der Waals surface area contributed by atoms with Gasteiger partial charge >= 0.3 is 0 Å². The molecular formula is C25H32N4O2S2. The minimum Gasteiger partial charge on any atom is -0.353 e. The van der Waals surface area contributed by atoms with Crippen LogP contribution >= 0.6 is 11.3 Å². The van der Waals surface area contributed by atoms with Crippen LogP contribution in [-0.2, 0) is 15.4 Å². The van der Waals surface area contributed by atoms with E-state index in [1.54, 1.807) is 27.8 Å². The first kappa shape index (κ1) is 22.7. The molecule has 0 atom stereocenters. The van der Waals surface area contributed by atoms with Gasteiger partial charge in [0.2, 0.25) is 10.0 Å². The number of benzene rings is 1. The van der Waals surface area contributed by atoms with E-state index in [0.29, 0.717) is 37.0 Å². The summed E-state index contributed by atoms with van der Waals surface area (Å²) in [4.78, 5) is 14.8. The molecule has 1 saturated heterocycles. The van der Waals surface area contributed by atoms with Gasteiger partial charge in [-0.15, -0.1) is 11.3 Å². The van der Waals surface area contributed by atoms with Crippen LogP contribution in [0.4, 0.5) is 5.82 Å². The molecule has 1 aliphatic heterocycles. The summed E-state index contributed by atoms with van der Waals surface area (Å²) < 4.78 is 28.2. The van der Waals surface area contributed by atoms with E-state index in [1.165, 1.54) is 10.4 Å². The fourth-order valence-corrected chi connectivity index (χ4v) is 6.87. The van der Waals surface area contributed by atoms with E-state index in [9.17, 15) is 8.42 Å². The van der Waals surface area contributed by atoms with Crippen molar-refractivity contribution in [2.24, 2.45) is 0 Å². The molecule has 1 aliphatic carbocycles. The minimum atomic E-state index is -3.51. The standard InChI is InChI=1S/C25H32N4O2S2/c1-16-17(2)32-24-21(16)23(26-22(27-24)18-6-7-18)28-12-14-29(15-13-28)33(30,31)20-10-8-19(9-11-20)25(3,4)5/h8-11,18H,6-7,12-15H2,1-5H3. The third-order valence-corrected chi connectivity index (χ3v) is 9.88. The van der Waals surface area contributed by atoms with Crippen molar-refractivity contribution in [2.45, 2.75) is 63.7 Å². The fourth-order valence-electron chi connectivity index (χ4n) is 4.41. The minimum absolute atomic E-state index is 0.00570. The summed E-state index contributed by atoms with van der Waals surface area (Å²) >= 11 is 1.74. The Labute approximate surface area is 200 Å². The number of sulfonamides is 1. The van der Waals surface area contributed by atoms with Crippen molar-refractivity contribution in [3.63, 3.8) is 0 Å². The molecule has 33 heavy (non-hydrogen) atoms. The highest BCUT2D eigenvalue weighted by Crippen LogP contribution is 2.42. The second-order valence-corrected chi connectivity index (χ2v) is 13.4. The number of aromatic nitrogens is 2. The summed E-state index contributed by atoms with van der Waals surface area (Å²) in [5.41, 5.74) is 2.36. The maximum absolute atomic E-state index is 13.3. The Bertz CT molecular complexity index is 1290. The molecule has 8 heteroatoms. The number of anilines is 1. The van der Waals surface area contributed by atoms with E-state index in [1.807, 2.05) is 12.1 Å². The zero-order valence-corrected chi connectivity index (χ0v) is 21.7. The molecule has 2 aromatic heterocycles. The first-order valence-corrected chi connectivity index (χ1v) is 13.9. The van der Waals surface area contributed by atoms with Crippen LogP contribution in [0.2, 0.25) is 0 Å². The number of nitrogens with zero attached hydrogens (tertiary/aromatic N) is 4. The number of rotatable bonds is 4. The lowest BCUT2D eigenvalue weighted by Gasteiger charge is -2.35. The first-order valence-electron chi connectivity index (χ1n) is 11.7. The molecule has 0 N–H and O–H groups in total. The largest absolute Gasteiger partial charge is 0.353 e. The molecular weight excluding hydrogens is 452 g/mol. The number of piperazine rings is 1. The van der Waals surface area contributed by atoms with Gasteiger partial charge in [0.05, 0.1) is 10.3 Å². The highest BCUT2D eigenvalue weighted by Gasteiger charge is 2.33. The van der Waals surface area contributed by atoms with E-state index in [2.05, 4.69) is 39.5 Å². The Hall–Kier alpha value is -2.03. The number of thiophene rings is 1. The van der Waals surface area contributed by atoms with Gasteiger partial charge in [-0.3, -0.25) is 0 Å². The van der Waals surface area contributed by atoms with Crippen molar-refractivity contribution in [1.29, 1.82) is 0 Å². The molecule has 0 spiro atoms. The lowest BCUT2D eigenvalue weighted by atomic mass is 9.87. The van der Waals surface area contributed by atoms with E-state index in [-0.39, 0.29) is 5.41 Å². The van der Waals surface area contributed by atoms with Crippen LogP contribution in [0.3, 0.4) is 0 Å². The van der Waals surface area contributed by atoms with Gasteiger partial charge < -0.3 is 4.90 Å². The Morgan fingerprint density at radius 3 is 2.18 bits per heavy atom. The van der Waals surface area contributed by atoms with Crippen molar-refractivity contribution in [3.8, 4) is 0 Å². The van der Waals surface area contributed by atoms with Gasteiger partial charge in [0.25, 0.3) is 0 Å². The predicted molar refractivity (Wildman–Crippen MR) is 135 cm³/mol. The summed E-state index contributed by atoms with van der Waals surface area (Å²) in [7, 11) is -3.51. The molecule has 2 fully saturated rings. The molecule has 0 radical (unpaired) electrons. The third kappa shape index (κ3) is 4.17. The second kappa shape index (κ2) is 8.03. The Morgan fingerprint density at radius 2 is 1.61 bits per heavy atom. The smallest absolute Gasteiger partial charge is 0.243 e. The van der Waals surface area contributed by atoms with Gasteiger partial charge in [0.15, 0.2) is 0 Å². The lowest BCUT2D eigenvalue weighted by Crippen LogP contribution is -2.49. The quantitative estimate of drug-likeness (QED) is 0.522. The maximum Gasteiger partial charge on any atom is 0.243 e. The van der Waals surface area contributed by atoms with E-state index >= 15 is 0 Å². The average Bonchev–Trinajstić information content (AvgIpc) is 3.59. The lowest BCUT2D eigenvalue weighted by molar-refractivity contribution is 0.384. The van der Waals surface area contributed by atoms with Crippen LogP contribution in [0.15, 0.2) is 29.2 Å². The van der Waals surface area contributed by atoms with Gasteiger partial charge in [-0.05, 0) is 55.4 Å². The normalized spacial score (nSPS) is 18.3. The molecule has 176 valence electrons. The summed E-state index contributed by atoms with van der Waals surface area (Å²) in [6, 6.07) is 7.36. The fraction of sp³-hybridized carbons (Fsp3) is 0.520. The molecule has 3 aromatic rings. The molecule has 2 aliphatic rings. The summed E-state index contributed by atoms with van der Waals surface area (Å²) in [6.07, 6.45) is 2.32. The van der Waals surface area contributed by atoms with Gasteiger partial charge in [-0.1, -0.05) is 32.9 Å². The molecule has 1 aromatic carbocycles. The zero-order chi connectivity index (χ0) is 23.5. The Balaban J connectivity index is 1.39. The van der Waals surface area contributed by atoms with Gasteiger partial charge in [0.1, 0.15) is 16.5 Å². The molecule has 0 unspecified atom stereocenters. The van der Waals surface area contributed by atoms with Crippen LogP contribution in [0.5, 0.6) is 0 Å². The number of hydrogen-bond acceptors (Lipinski definition) is 6. The molecule has 3 heterocycles. The van der Waals surface area contributed by atoms with Crippen molar-refractivity contribution in [3.05, 3.63) is 46.1 Å². The van der Waals surface area contributed by atoms with Crippen LogP contribution in [0.25, 0.3) is 10.2 Å². The van der Waals surface area contributed by atoms with E-state index in [4.69, 9.17) is 9.97 Å². The van der Waals surface area contributed by atoms with Crippen LogP contribution in [-0.4, -0.2) is 48.9 Å². The molecule has 5 rings (SSSR count). The molecule has 6 nitrogen and oxygen atoms in total. The summed E-state index contributed by atoms with van der Waals surface area (Å²) in [5, 5.41) is 1.14. The predicted octanol–water partition coefficient (Wildman–Crippen LogP) is 4.99. The topological polar surface area (TPSA) is 66.4 Å². The SMILES string of the molecule is Cc1sc2nc(C3CC3)nc(N3CCN(S(=O)(=O)c4ccc(C(C)(C)C)cc4)CC3)c2c1C. The Kier molecular flexibility index (Phi) is 5.53. The van der Waals surface area contributed by atoms with Gasteiger partial charge in [-0.25, -0.2) is 18.4 Å². The number of hydrogen-bond donors (Lipinski definition) is 0. The second-order valence-electron chi connectivity index (χ2n) is 10.3. The Morgan fingerprint density at radius 1 is 0.970 bits per heavy atom. The van der Waals surface area contributed by atoms with Crippen LogP contribution in [0.1, 0.15) is 61.4 Å². The van der Waals surface area contributed by atoms with Crippen LogP contribution < -0.4 is 4.90 Å². The highest BCUT2D eigenvalue weighted by molar-refractivity contribution is 7.89. The van der Waals surface area contributed by atoms with Crippen molar-refractivity contribution in [1.82, 2.24) is 14.3 Å². The van der Waals surface area contributed by atoms with Gasteiger partial charge in [0, 0.05) is 37.0 Å². The van der Waals surface area contributed by atoms with Crippen molar-refractivity contribution in [2.75, 3.05) is 31.1 Å². The van der Waals surface area contributed by atoms with E-state index < -0.39 is 10.0 Å². The average molecular weight is 485 g/mol. The van der Waals surface area contributed by atoms with Crippen molar-refractivity contribution < 1.29 is 8.42 Å². The van der Waals surface area contributed by atoms with E-state index in [0.717, 1.165) is 40.3 Å². The number of aryl methyl sites for hydroxylation is 2. The maximum atomic E-state index is 13.3. The van der Waals surface area contributed by atoms with Gasteiger partial charge in [-0.2, -0.15) is 4.31 Å². The van der Waals surface area contributed by atoms with Crippen LogP contribution in [0, 0.1) is 13.8 Å².